The van der Waals surface area contributed by atoms with Gasteiger partial charge in [-0.2, -0.15) is 5.26 Å². The Labute approximate surface area is 201 Å². The van der Waals surface area contributed by atoms with Crippen LogP contribution in [0.2, 0.25) is 0 Å². The molecular weight excluding hydrogens is 452 g/mol. The lowest BCUT2D eigenvalue weighted by molar-refractivity contribution is 0.280. The SMILES string of the molecule is COc1ccc(-c2nc(SCc3nc4ccccc4[nH]3)nc(N(CCO)CCO)c2C#N)cc1. The van der Waals surface area contributed by atoms with Gasteiger partial charge in [-0.3, -0.25) is 0 Å². The fourth-order valence-corrected chi connectivity index (χ4v) is 4.26. The minimum Gasteiger partial charge on any atom is -0.497 e. The molecule has 174 valence electrons. The Balaban J connectivity index is 1.74. The van der Waals surface area contributed by atoms with Crippen molar-refractivity contribution < 1.29 is 14.9 Å². The number of hydrogen-bond donors (Lipinski definition) is 3. The predicted molar refractivity (Wildman–Crippen MR) is 131 cm³/mol. The minimum absolute atomic E-state index is 0.145. The zero-order valence-corrected chi connectivity index (χ0v) is 19.4. The van der Waals surface area contributed by atoms with Crippen LogP contribution in [-0.2, 0) is 5.75 Å². The number of imidazole rings is 1. The highest BCUT2D eigenvalue weighted by Gasteiger charge is 2.21. The van der Waals surface area contributed by atoms with Crippen LogP contribution in [-0.4, -0.2) is 63.6 Å². The summed E-state index contributed by atoms with van der Waals surface area (Å²) in [6, 6.07) is 17.3. The van der Waals surface area contributed by atoms with Crippen molar-refractivity contribution in [2.45, 2.75) is 10.9 Å². The maximum Gasteiger partial charge on any atom is 0.190 e. The third kappa shape index (κ3) is 5.12. The van der Waals surface area contributed by atoms with E-state index in [9.17, 15) is 15.5 Å². The number of aromatic nitrogens is 4. The number of rotatable bonds is 10. The van der Waals surface area contributed by atoms with E-state index in [2.05, 4.69) is 21.0 Å². The van der Waals surface area contributed by atoms with Gasteiger partial charge in [0.1, 0.15) is 23.2 Å². The number of H-pyrrole nitrogens is 1. The number of hydrogen-bond acceptors (Lipinski definition) is 9. The van der Waals surface area contributed by atoms with Crippen molar-refractivity contribution in [2.24, 2.45) is 0 Å². The average Bonchev–Trinajstić information content (AvgIpc) is 3.30. The number of methoxy groups -OCH3 is 1. The van der Waals surface area contributed by atoms with Crippen molar-refractivity contribution in [3.63, 3.8) is 0 Å². The van der Waals surface area contributed by atoms with Crippen LogP contribution in [0.15, 0.2) is 53.7 Å². The van der Waals surface area contributed by atoms with E-state index < -0.39 is 0 Å². The highest BCUT2D eigenvalue weighted by molar-refractivity contribution is 7.98. The topological polar surface area (TPSA) is 131 Å². The Morgan fingerprint density at radius 1 is 1.03 bits per heavy atom. The summed E-state index contributed by atoms with van der Waals surface area (Å²) in [5, 5.41) is 29.5. The number of thioether (sulfide) groups is 1. The lowest BCUT2D eigenvalue weighted by Crippen LogP contribution is -2.31. The number of aliphatic hydroxyl groups excluding tert-OH is 2. The van der Waals surface area contributed by atoms with Gasteiger partial charge in [0.15, 0.2) is 11.0 Å². The third-order valence-corrected chi connectivity index (χ3v) is 6.02. The Hall–Kier alpha value is -3.65. The molecule has 9 nitrogen and oxygen atoms in total. The van der Waals surface area contributed by atoms with Crippen LogP contribution in [0.25, 0.3) is 22.3 Å². The van der Waals surface area contributed by atoms with Crippen molar-refractivity contribution in [2.75, 3.05) is 38.3 Å². The number of ether oxygens (including phenoxy) is 1. The Morgan fingerprint density at radius 3 is 2.41 bits per heavy atom. The molecule has 0 unspecified atom stereocenters. The van der Waals surface area contributed by atoms with E-state index in [0.717, 1.165) is 22.4 Å². The number of aromatic amines is 1. The van der Waals surface area contributed by atoms with Gasteiger partial charge in [-0.05, 0) is 36.4 Å². The monoisotopic (exact) mass is 476 g/mol. The summed E-state index contributed by atoms with van der Waals surface area (Å²) in [6.07, 6.45) is 0. The second kappa shape index (κ2) is 11.0. The second-order valence-corrected chi connectivity index (χ2v) is 8.26. The molecular formula is C24H24N6O3S. The molecule has 0 aliphatic carbocycles. The number of anilines is 1. The van der Waals surface area contributed by atoms with Crippen molar-refractivity contribution in [3.05, 3.63) is 59.9 Å². The van der Waals surface area contributed by atoms with E-state index in [1.165, 1.54) is 11.8 Å². The molecule has 0 fully saturated rings. The summed E-state index contributed by atoms with van der Waals surface area (Å²) in [5.74, 6) is 2.35. The van der Waals surface area contributed by atoms with Gasteiger partial charge < -0.3 is 24.8 Å². The summed E-state index contributed by atoms with van der Waals surface area (Å²) >= 11 is 1.39. The zero-order chi connectivity index (χ0) is 23.9. The first-order chi connectivity index (χ1) is 16.7. The standard InChI is InChI=1S/C24H24N6O3S/c1-33-17-8-6-16(7-9-17)22-18(14-25)23(30(10-12-31)11-13-32)29-24(28-22)34-15-21-26-19-4-2-3-5-20(19)27-21/h2-9,31-32H,10-13,15H2,1H3,(H,26,27). The molecule has 2 aromatic heterocycles. The fraction of sp³-hybridized carbons (Fsp3) is 0.250. The molecule has 4 aromatic rings. The van der Waals surface area contributed by atoms with Crippen molar-refractivity contribution >= 4 is 28.6 Å². The second-order valence-electron chi connectivity index (χ2n) is 7.32. The zero-order valence-electron chi connectivity index (χ0n) is 18.6. The molecule has 4 rings (SSSR count). The molecule has 0 saturated carbocycles. The van der Waals surface area contributed by atoms with Gasteiger partial charge in [0.2, 0.25) is 0 Å². The molecule has 2 aromatic carbocycles. The molecule has 0 bridgehead atoms. The van der Waals surface area contributed by atoms with Crippen molar-refractivity contribution in [1.82, 2.24) is 19.9 Å². The molecule has 34 heavy (non-hydrogen) atoms. The van der Waals surface area contributed by atoms with Crippen LogP contribution < -0.4 is 9.64 Å². The number of fused-ring (bicyclic) bond motifs is 1. The van der Waals surface area contributed by atoms with Crippen LogP contribution in [0, 0.1) is 11.3 Å². The van der Waals surface area contributed by atoms with E-state index >= 15 is 0 Å². The quantitative estimate of drug-likeness (QED) is 0.233. The highest BCUT2D eigenvalue weighted by atomic mass is 32.2. The van der Waals surface area contributed by atoms with Gasteiger partial charge in [-0.1, -0.05) is 23.9 Å². The molecule has 0 amide bonds. The van der Waals surface area contributed by atoms with E-state index in [0.29, 0.717) is 28.2 Å². The summed E-state index contributed by atoms with van der Waals surface area (Å²) in [4.78, 5) is 18.9. The molecule has 10 heteroatoms. The number of benzene rings is 2. The first kappa shape index (κ1) is 23.5. The molecule has 0 saturated heterocycles. The number of nitrogens with one attached hydrogen (secondary N) is 1. The normalized spacial score (nSPS) is 10.9. The van der Waals surface area contributed by atoms with Gasteiger partial charge in [-0.15, -0.1) is 0 Å². The molecule has 2 heterocycles. The lowest BCUT2D eigenvalue weighted by Gasteiger charge is -2.24. The van der Waals surface area contributed by atoms with Crippen LogP contribution in [0.4, 0.5) is 5.82 Å². The van der Waals surface area contributed by atoms with Crippen LogP contribution in [0.1, 0.15) is 11.4 Å². The van der Waals surface area contributed by atoms with Crippen molar-refractivity contribution in [1.29, 1.82) is 5.26 Å². The number of para-hydroxylation sites is 2. The van der Waals surface area contributed by atoms with Crippen molar-refractivity contribution in [3.8, 4) is 23.1 Å². The van der Waals surface area contributed by atoms with E-state index in [4.69, 9.17) is 9.72 Å². The van der Waals surface area contributed by atoms with Gasteiger partial charge in [-0.25, -0.2) is 15.0 Å². The van der Waals surface area contributed by atoms with Crippen LogP contribution in [0.3, 0.4) is 0 Å². The van der Waals surface area contributed by atoms with Gasteiger partial charge >= 0.3 is 0 Å². The molecule has 0 radical (unpaired) electrons. The van der Waals surface area contributed by atoms with Crippen LogP contribution >= 0.6 is 11.8 Å². The molecule has 3 N–H and O–H groups in total. The first-order valence-electron chi connectivity index (χ1n) is 10.7. The molecule has 0 spiro atoms. The van der Waals surface area contributed by atoms with E-state index in [-0.39, 0.29) is 31.9 Å². The third-order valence-electron chi connectivity index (χ3n) is 5.16. The summed E-state index contributed by atoms with van der Waals surface area (Å²) in [7, 11) is 1.59. The fourth-order valence-electron chi connectivity index (χ4n) is 3.55. The largest absolute Gasteiger partial charge is 0.497 e. The Kier molecular flexibility index (Phi) is 7.59. The molecule has 0 aliphatic heterocycles. The van der Waals surface area contributed by atoms with Gasteiger partial charge in [0.05, 0.1) is 42.8 Å². The number of nitrogens with zero attached hydrogens (tertiary/aromatic N) is 5. The molecule has 0 aliphatic rings. The lowest BCUT2D eigenvalue weighted by atomic mass is 10.1. The van der Waals surface area contributed by atoms with Crippen LogP contribution in [0.5, 0.6) is 5.75 Å². The highest BCUT2D eigenvalue weighted by Crippen LogP contribution is 2.32. The van der Waals surface area contributed by atoms with Gasteiger partial charge in [0, 0.05) is 18.7 Å². The number of nitriles is 1. The predicted octanol–water partition coefficient (Wildman–Crippen LogP) is 2.98. The summed E-state index contributed by atoms with van der Waals surface area (Å²) in [5.41, 5.74) is 3.33. The minimum atomic E-state index is -0.145. The number of aliphatic hydroxyl groups is 2. The van der Waals surface area contributed by atoms with E-state index in [1.54, 1.807) is 24.1 Å². The van der Waals surface area contributed by atoms with E-state index in [1.807, 2.05) is 36.4 Å². The summed E-state index contributed by atoms with van der Waals surface area (Å²) in [6.45, 7) is 0.159. The first-order valence-corrected chi connectivity index (χ1v) is 11.6. The maximum atomic E-state index is 10.00. The summed E-state index contributed by atoms with van der Waals surface area (Å²) < 4.78 is 5.25. The Bertz CT molecular complexity index is 1260. The Morgan fingerprint density at radius 2 is 1.76 bits per heavy atom. The average molecular weight is 477 g/mol. The molecule has 0 atom stereocenters. The smallest absolute Gasteiger partial charge is 0.190 e. The maximum absolute atomic E-state index is 10.00. The van der Waals surface area contributed by atoms with Gasteiger partial charge in [0.25, 0.3) is 0 Å².